The van der Waals surface area contributed by atoms with Crippen molar-refractivity contribution in [2.75, 3.05) is 52.5 Å². The lowest BCUT2D eigenvalue weighted by atomic mass is 9.81. The minimum atomic E-state index is -0.102. The number of hydrogen-bond donors (Lipinski definition) is 0. The van der Waals surface area contributed by atoms with E-state index in [4.69, 9.17) is 4.74 Å². The van der Waals surface area contributed by atoms with E-state index in [0.29, 0.717) is 12.3 Å². The van der Waals surface area contributed by atoms with Gasteiger partial charge in [0.15, 0.2) is 5.78 Å². The van der Waals surface area contributed by atoms with Crippen molar-refractivity contribution < 1.29 is 9.53 Å². The van der Waals surface area contributed by atoms with Gasteiger partial charge in [0.05, 0.1) is 19.8 Å². The van der Waals surface area contributed by atoms with Gasteiger partial charge < -0.3 is 4.74 Å². The molecule has 0 aromatic carbocycles. The molecule has 0 unspecified atom stereocenters. The Morgan fingerprint density at radius 2 is 1.76 bits per heavy atom. The van der Waals surface area contributed by atoms with Crippen molar-refractivity contribution in [1.29, 1.82) is 0 Å². The van der Waals surface area contributed by atoms with Crippen molar-refractivity contribution in [3.8, 4) is 0 Å². The van der Waals surface area contributed by atoms with Crippen LogP contribution < -0.4 is 0 Å². The predicted octanol–water partition coefficient (Wildman–Crippen LogP) is 0.620. The van der Waals surface area contributed by atoms with Crippen LogP contribution in [0.3, 0.4) is 0 Å². The van der Waals surface area contributed by atoms with Crippen LogP contribution in [0.2, 0.25) is 0 Å². The van der Waals surface area contributed by atoms with Gasteiger partial charge in [0.2, 0.25) is 0 Å². The lowest BCUT2D eigenvalue weighted by Gasteiger charge is -2.37. The number of morpholine rings is 1. The van der Waals surface area contributed by atoms with Crippen LogP contribution in [-0.4, -0.2) is 68.1 Å². The Labute approximate surface area is 104 Å². The zero-order chi connectivity index (χ0) is 12.3. The summed E-state index contributed by atoms with van der Waals surface area (Å²) >= 11 is 0. The highest BCUT2D eigenvalue weighted by atomic mass is 16.5. The molecule has 2 saturated heterocycles. The third-order valence-electron chi connectivity index (χ3n) is 4.01. The van der Waals surface area contributed by atoms with Gasteiger partial charge in [-0.1, -0.05) is 13.8 Å². The number of Topliss-reactive ketones (excluding diaryl/α,β-unsaturated/α-hetero) is 1. The predicted molar refractivity (Wildman–Crippen MR) is 67.1 cm³/mol. The topological polar surface area (TPSA) is 32.8 Å². The summed E-state index contributed by atoms with van der Waals surface area (Å²) in [6, 6.07) is 0. The Bertz CT molecular complexity index is 273. The summed E-state index contributed by atoms with van der Waals surface area (Å²) in [6.07, 6.45) is 0.995. The minimum absolute atomic E-state index is 0.102. The standard InChI is InChI=1S/C13H24N2O2/c1-13(2)3-4-15(11-12(13)16)6-5-14-7-9-17-10-8-14/h3-11H2,1-2H3. The number of ketones is 1. The monoisotopic (exact) mass is 240 g/mol. The molecular weight excluding hydrogens is 216 g/mol. The van der Waals surface area contributed by atoms with E-state index in [2.05, 4.69) is 23.6 Å². The average molecular weight is 240 g/mol. The number of rotatable bonds is 3. The maximum atomic E-state index is 11.9. The van der Waals surface area contributed by atoms with Crippen LogP contribution in [-0.2, 0) is 9.53 Å². The molecule has 0 aromatic heterocycles. The summed E-state index contributed by atoms with van der Waals surface area (Å²) in [5.41, 5.74) is -0.102. The fourth-order valence-corrected chi connectivity index (χ4v) is 2.37. The van der Waals surface area contributed by atoms with Gasteiger partial charge in [-0.05, 0) is 13.0 Å². The van der Waals surface area contributed by atoms with Gasteiger partial charge in [-0.3, -0.25) is 14.6 Å². The molecule has 2 rings (SSSR count). The van der Waals surface area contributed by atoms with E-state index in [1.54, 1.807) is 0 Å². The van der Waals surface area contributed by atoms with E-state index in [1.165, 1.54) is 0 Å². The molecule has 4 nitrogen and oxygen atoms in total. The second kappa shape index (κ2) is 5.46. The van der Waals surface area contributed by atoms with Crippen molar-refractivity contribution in [2.24, 2.45) is 5.41 Å². The summed E-state index contributed by atoms with van der Waals surface area (Å²) in [6.45, 7) is 11.7. The first-order valence-electron chi connectivity index (χ1n) is 6.64. The molecule has 2 fully saturated rings. The van der Waals surface area contributed by atoms with Crippen LogP contribution in [0, 0.1) is 5.41 Å². The maximum absolute atomic E-state index is 11.9. The summed E-state index contributed by atoms with van der Waals surface area (Å²) in [7, 11) is 0. The molecule has 2 aliphatic heterocycles. The largest absolute Gasteiger partial charge is 0.379 e. The van der Waals surface area contributed by atoms with Gasteiger partial charge in [-0.15, -0.1) is 0 Å². The molecule has 0 N–H and O–H groups in total. The first-order valence-corrected chi connectivity index (χ1v) is 6.64. The van der Waals surface area contributed by atoms with Gasteiger partial charge >= 0.3 is 0 Å². The molecule has 2 aliphatic rings. The molecule has 0 aromatic rings. The number of ether oxygens (including phenoxy) is 1. The van der Waals surface area contributed by atoms with Crippen molar-refractivity contribution in [2.45, 2.75) is 20.3 Å². The summed E-state index contributed by atoms with van der Waals surface area (Å²) in [5.74, 6) is 0.394. The third-order valence-corrected chi connectivity index (χ3v) is 4.01. The maximum Gasteiger partial charge on any atom is 0.152 e. The molecule has 98 valence electrons. The quantitative estimate of drug-likeness (QED) is 0.724. The first kappa shape index (κ1) is 13.0. The van der Waals surface area contributed by atoms with Gasteiger partial charge in [0, 0.05) is 31.6 Å². The second-order valence-corrected chi connectivity index (χ2v) is 5.79. The molecule has 2 heterocycles. The second-order valence-electron chi connectivity index (χ2n) is 5.79. The van der Waals surface area contributed by atoms with Gasteiger partial charge in [0.25, 0.3) is 0 Å². The number of carbonyl (C=O) groups excluding carboxylic acids is 1. The van der Waals surface area contributed by atoms with Crippen molar-refractivity contribution in [3.63, 3.8) is 0 Å². The van der Waals surface area contributed by atoms with E-state index >= 15 is 0 Å². The molecule has 0 saturated carbocycles. The Hall–Kier alpha value is -0.450. The highest BCUT2D eigenvalue weighted by molar-refractivity contribution is 5.86. The van der Waals surface area contributed by atoms with Crippen LogP contribution in [0.25, 0.3) is 0 Å². The number of piperidine rings is 1. The van der Waals surface area contributed by atoms with Crippen LogP contribution in [0.5, 0.6) is 0 Å². The number of carbonyl (C=O) groups is 1. The van der Waals surface area contributed by atoms with Crippen LogP contribution in [0.1, 0.15) is 20.3 Å². The molecule has 17 heavy (non-hydrogen) atoms. The normalized spacial score (nSPS) is 27.3. The van der Waals surface area contributed by atoms with Crippen molar-refractivity contribution >= 4 is 5.78 Å². The van der Waals surface area contributed by atoms with Crippen LogP contribution in [0.15, 0.2) is 0 Å². The zero-order valence-electron chi connectivity index (χ0n) is 11.1. The first-order chi connectivity index (χ1) is 8.08. The molecule has 4 heteroatoms. The van der Waals surface area contributed by atoms with Crippen LogP contribution in [0.4, 0.5) is 0 Å². The van der Waals surface area contributed by atoms with E-state index in [1.807, 2.05) is 0 Å². The van der Waals surface area contributed by atoms with E-state index in [0.717, 1.165) is 52.4 Å². The van der Waals surface area contributed by atoms with Crippen molar-refractivity contribution in [3.05, 3.63) is 0 Å². The Kier molecular flexibility index (Phi) is 4.17. The molecule has 0 radical (unpaired) electrons. The van der Waals surface area contributed by atoms with E-state index in [9.17, 15) is 4.79 Å². The molecule has 0 aliphatic carbocycles. The SMILES string of the molecule is CC1(C)CCN(CCN2CCOCC2)CC1=O. The van der Waals surface area contributed by atoms with Gasteiger partial charge in [-0.2, -0.15) is 0 Å². The molecular formula is C13H24N2O2. The third kappa shape index (κ3) is 3.50. The Balaban J connectivity index is 1.71. The van der Waals surface area contributed by atoms with Crippen LogP contribution >= 0.6 is 0 Å². The van der Waals surface area contributed by atoms with Gasteiger partial charge in [-0.25, -0.2) is 0 Å². The summed E-state index contributed by atoms with van der Waals surface area (Å²) < 4.78 is 5.33. The lowest BCUT2D eigenvalue weighted by Crippen LogP contribution is -2.48. The average Bonchev–Trinajstić information content (AvgIpc) is 2.32. The zero-order valence-corrected chi connectivity index (χ0v) is 11.1. The highest BCUT2D eigenvalue weighted by Crippen LogP contribution is 2.26. The summed E-state index contributed by atoms with van der Waals surface area (Å²) in [4.78, 5) is 16.6. The van der Waals surface area contributed by atoms with Crippen molar-refractivity contribution in [1.82, 2.24) is 9.80 Å². The molecule has 0 bridgehead atoms. The fraction of sp³-hybridized carbons (Fsp3) is 0.923. The van der Waals surface area contributed by atoms with E-state index in [-0.39, 0.29) is 5.41 Å². The minimum Gasteiger partial charge on any atom is -0.379 e. The number of hydrogen-bond acceptors (Lipinski definition) is 4. The lowest BCUT2D eigenvalue weighted by molar-refractivity contribution is -0.132. The molecule has 0 atom stereocenters. The summed E-state index contributed by atoms with van der Waals surface area (Å²) in [5, 5.41) is 0. The van der Waals surface area contributed by atoms with E-state index < -0.39 is 0 Å². The Morgan fingerprint density at radius 1 is 1.12 bits per heavy atom. The molecule has 0 spiro atoms. The molecule has 0 amide bonds. The fourth-order valence-electron chi connectivity index (χ4n) is 2.37. The Morgan fingerprint density at radius 3 is 2.41 bits per heavy atom. The smallest absolute Gasteiger partial charge is 0.152 e. The highest BCUT2D eigenvalue weighted by Gasteiger charge is 2.33. The number of nitrogens with zero attached hydrogens (tertiary/aromatic N) is 2. The number of likely N-dealkylation sites (tertiary alicyclic amines) is 1. The van der Waals surface area contributed by atoms with Gasteiger partial charge in [0.1, 0.15) is 0 Å².